The SMILES string of the molecule is CC(=O)Nc1cccc(C(=O)NNC(=O)C(=O)NC2CC2)c1. The van der Waals surface area contributed by atoms with E-state index in [1.807, 2.05) is 5.43 Å². The molecule has 0 heterocycles. The van der Waals surface area contributed by atoms with E-state index in [1.165, 1.54) is 19.1 Å². The van der Waals surface area contributed by atoms with Crippen LogP contribution in [0.3, 0.4) is 0 Å². The number of hydrazine groups is 1. The second-order valence-electron chi connectivity index (χ2n) is 4.92. The first-order valence-electron chi connectivity index (χ1n) is 6.74. The van der Waals surface area contributed by atoms with E-state index in [9.17, 15) is 19.2 Å². The molecule has 8 heteroatoms. The van der Waals surface area contributed by atoms with Crippen molar-refractivity contribution in [3.05, 3.63) is 29.8 Å². The molecule has 1 aromatic rings. The molecular formula is C14H16N4O4. The van der Waals surface area contributed by atoms with Crippen LogP contribution in [0.4, 0.5) is 5.69 Å². The van der Waals surface area contributed by atoms with E-state index >= 15 is 0 Å². The summed E-state index contributed by atoms with van der Waals surface area (Å²) >= 11 is 0. The average molecular weight is 304 g/mol. The van der Waals surface area contributed by atoms with Crippen LogP contribution < -0.4 is 21.5 Å². The molecular weight excluding hydrogens is 288 g/mol. The van der Waals surface area contributed by atoms with Crippen molar-refractivity contribution in [3.63, 3.8) is 0 Å². The van der Waals surface area contributed by atoms with Gasteiger partial charge in [-0.1, -0.05) is 6.07 Å². The molecule has 0 atom stereocenters. The maximum atomic E-state index is 11.9. The molecule has 8 nitrogen and oxygen atoms in total. The Morgan fingerprint density at radius 3 is 2.41 bits per heavy atom. The molecule has 0 unspecified atom stereocenters. The number of hydrogen-bond acceptors (Lipinski definition) is 4. The summed E-state index contributed by atoms with van der Waals surface area (Å²) in [5, 5.41) is 5.04. The molecule has 1 fully saturated rings. The highest BCUT2D eigenvalue weighted by molar-refractivity contribution is 6.35. The van der Waals surface area contributed by atoms with Gasteiger partial charge in [-0.05, 0) is 31.0 Å². The van der Waals surface area contributed by atoms with E-state index in [0.29, 0.717) is 5.69 Å². The van der Waals surface area contributed by atoms with E-state index in [4.69, 9.17) is 0 Å². The molecule has 1 aromatic carbocycles. The summed E-state index contributed by atoms with van der Waals surface area (Å²) in [7, 11) is 0. The Hall–Kier alpha value is -2.90. The van der Waals surface area contributed by atoms with Gasteiger partial charge in [-0.15, -0.1) is 0 Å². The van der Waals surface area contributed by atoms with Gasteiger partial charge in [0.15, 0.2) is 0 Å². The van der Waals surface area contributed by atoms with E-state index in [0.717, 1.165) is 12.8 Å². The van der Waals surface area contributed by atoms with Gasteiger partial charge in [0.25, 0.3) is 5.91 Å². The van der Waals surface area contributed by atoms with E-state index in [1.54, 1.807) is 12.1 Å². The molecule has 2 rings (SSSR count). The summed E-state index contributed by atoms with van der Waals surface area (Å²) in [6.45, 7) is 1.35. The number of carbonyl (C=O) groups excluding carboxylic acids is 4. The van der Waals surface area contributed by atoms with Crippen LogP contribution in [0, 0.1) is 0 Å². The third-order valence-corrected chi connectivity index (χ3v) is 2.85. The van der Waals surface area contributed by atoms with Crippen LogP contribution in [0.2, 0.25) is 0 Å². The number of amides is 4. The highest BCUT2D eigenvalue weighted by Crippen LogP contribution is 2.18. The third-order valence-electron chi connectivity index (χ3n) is 2.85. The number of carbonyl (C=O) groups is 4. The second kappa shape index (κ2) is 6.70. The van der Waals surface area contributed by atoms with Crippen molar-refractivity contribution in [3.8, 4) is 0 Å². The fraction of sp³-hybridized carbons (Fsp3) is 0.286. The summed E-state index contributed by atoms with van der Waals surface area (Å²) in [5.41, 5.74) is 4.87. The van der Waals surface area contributed by atoms with E-state index < -0.39 is 17.7 Å². The van der Waals surface area contributed by atoms with Crippen molar-refractivity contribution in [2.75, 3.05) is 5.32 Å². The van der Waals surface area contributed by atoms with Crippen LogP contribution in [0.25, 0.3) is 0 Å². The van der Waals surface area contributed by atoms with Crippen LogP contribution in [0.1, 0.15) is 30.1 Å². The Morgan fingerprint density at radius 2 is 1.77 bits per heavy atom. The first kappa shape index (κ1) is 15.5. The Bertz CT molecular complexity index is 625. The zero-order valence-electron chi connectivity index (χ0n) is 11.9. The average Bonchev–Trinajstić information content (AvgIpc) is 3.27. The van der Waals surface area contributed by atoms with Crippen LogP contribution in [-0.2, 0) is 14.4 Å². The third kappa shape index (κ3) is 4.58. The van der Waals surface area contributed by atoms with Crippen molar-refractivity contribution >= 4 is 29.3 Å². The van der Waals surface area contributed by atoms with Crippen molar-refractivity contribution in [1.29, 1.82) is 0 Å². The zero-order valence-corrected chi connectivity index (χ0v) is 11.9. The van der Waals surface area contributed by atoms with Crippen LogP contribution in [0.15, 0.2) is 24.3 Å². The van der Waals surface area contributed by atoms with Crippen molar-refractivity contribution in [2.45, 2.75) is 25.8 Å². The number of rotatable bonds is 3. The molecule has 116 valence electrons. The molecule has 0 aliphatic heterocycles. The first-order valence-corrected chi connectivity index (χ1v) is 6.74. The van der Waals surface area contributed by atoms with E-state index in [-0.39, 0.29) is 17.5 Å². The molecule has 22 heavy (non-hydrogen) atoms. The lowest BCUT2D eigenvalue weighted by Crippen LogP contribution is -2.48. The Balaban J connectivity index is 1.87. The minimum atomic E-state index is -0.932. The fourth-order valence-corrected chi connectivity index (χ4v) is 1.66. The topological polar surface area (TPSA) is 116 Å². The molecule has 0 saturated heterocycles. The van der Waals surface area contributed by atoms with Crippen molar-refractivity contribution < 1.29 is 19.2 Å². The van der Waals surface area contributed by atoms with Gasteiger partial charge in [0.2, 0.25) is 5.91 Å². The Kier molecular flexibility index (Phi) is 4.72. The Morgan fingerprint density at radius 1 is 1.05 bits per heavy atom. The molecule has 1 aliphatic carbocycles. The van der Waals surface area contributed by atoms with Crippen LogP contribution in [-0.4, -0.2) is 29.7 Å². The number of benzene rings is 1. The predicted octanol–water partition coefficient (Wildman–Crippen LogP) is -0.315. The molecule has 1 aliphatic rings. The maximum absolute atomic E-state index is 11.9. The summed E-state index contributed by atoms with van der Waals surface area (Å²) in [6, 6.07) is 6.23. The number of hydrogen-bond donors (Lipinski definition) is 4. The van der Waals surface area contributed by atoms with Gasteiger partial charge in [-0.3, -0.25) is 30.0 Å². The zero-order chi connectivity index (χ0) is 16.1. The number of anilines is 1. The highest BCUT2D eigenvalue weighted by Gasteiger charge is 2.26. The molecule has 4 N–H and O–H groups in total. The lowest BCUT2D eigenvalue weighted by Gasteiger charge is -2.08. The number of nitrogens with one attached hydrogen (secondary N) is 4. The largest absolute Gasteiger partial charge is 0.345 e. The molecule has 0 bridgehead atoms. The summed E-state index contributed by atoms with van der Waals surface area (Å²) in [6.07, 6.45) is 1.72. The van der Waals surface area contributed by atoms with Crippen molar-refractivity contribution in [2.24, 2.45) is 0 Å². The van der Waals surface area contributed by atoms with Gasteiger partial charge < -0.3 is 10.6 Å². The highest BCUT2D eigenvalue weighted by atomic mass is 16.2. The van der Waals surface area contributed by atoms with Gasteiger partial charge in [-0.2, -0.15) is 0 Å². The van der Waals surface area contributed by atoms with Crippen LogP contribution in [0.5, 0.6) is 0 Å². The maximum Gasteiger partial charge on any atom is 0.327 e. The molecule has 4 amide bonds. The van der Waals surface area contributed by atoms with Crippen LogP contribution >= 0.6 is 0 Å². The minimum Gasteiger partial charge on any atom is -0.345 e. The standard InChI is InChI=1S/C14H16N4O4/c1-8(19)15-11-4-2-3-9(7-11)12(20)17-18-14(22)13(21)16-10-5-6-10/h2-4,7,10H,5-6H2,1H3,(H,15,19)(H,16,21)(H,17,20)(H,18,22). The normalized spacial score (nSPS) is 13.0. The smallest absolute Gasteiger partial charge is 0.327 e. The molecule has 0 spiro atoms. The molecule has 0 aromatic heterocycles. The monoisotopic (exact) mass is 304 g/mol. The summed E-state index contributed by atoms with van der Waals surface area (Å²) in [4.78, 5) is 45.7. The fourth-order valence-electron chi connectivity index (χ4n) is 1.66. The quantitative estimate of drug-likeness (QED) is 0.452. The predicted molar refractivity (Wildman–Crippen MR) is 77.5 cm³/mol. The van der Waals surface area contributed by atoms with Gasteiger partial charge in [0.05, 0.1) is 0 Å². The molecule has 1 saturated carbocycles. The van der Waals surface area contributed by atoms with Gasteiger partial charge >= 0.3 is 11.8 Å². The second-order valence-corrected chi connectivity index (χ2v) is 4.92. The minimum absolute atomic E-state index is 0.0586. The van der Waals surface area contributed by atoms with Crippen molar-refractivity contribution in [1.82, 2.24) is 16.2 Å². The lowest BCUT2D eigenvalue weighted by atomic mass is 10.2. The lowest BCUT2D eigenvalue weighted by molar-refractivity contribution is -0.139. The summed E-state index contributed by atoms with van der Waals surface area (Å²) in [5.74, 6) is -2.57. The van der Waals surface area contributed by atoms with Gasteiger partial charge in [0.1, 0.15) is 0 Å². The first-order chi connectivity index (χ1) is 10.5. The van der Waals surface area contributed by atoms with Gasteiger partial charge in [0, 0.05) is 24.2 Å². The van der Waals surface area contributed by atoms with E-state index in [2.05, 4.69) is 16.1 Å². The molecule has 0 radical (unpaired) electrons. The Labute approximate surface area is 126 Å². The summed E-state index contributed by atoms with van der Waals surface area (Å²) < 4.78 is 0. The van der Waals surface area contributed by atoms with Gasteiger partial charge in [-0.25, -0.2) is 0 Å².